The molecule has 7 heteroatoms. The summed E-state index contributed by atoms with van der Waals surface area (Å²) in [5, 5.41) is 28.6. The smallest absolute Gasteiger partial charge is 0.328 e. The minimum Gasteiger partial charge on any atom is -0.504 e. The number of ether oxygens (including phenoxy) is 3. The van der Waals surface area contributed by atoms with E-state index in [0.717, 1.165) is 17.2 Å². The highest BCUT2D eigenvalue weighted by Gasteiger charge is 2.37. The van der Waals surface area contributed by atoms with Crippen molar-refractivity contribution in [3.8, 4) is 23.0 Å². The summed E-state index contributed by atoms with van der Waals surface area (Å²) in [6, 6.07) is 8.32. The summed E-state index contributed by atoms with van der Waals surface area (Å²) in [4.78, 5) is 10.8. The number of carboxylic acid groups (broad SMARTS) is 1. The first-order valence-corrected chi connectivity index (χ1v) is 8.25. The van der Waals surface area contributed by atoms with Gasteiger partial charge in [0.2, 0.25) is 0 Å². The molecule has 27 heavy (non-hydrogen) atoms. The summed E-state index contributed by atoms with van der Waals surface area (Å²) in [5.74, 6) is -0.179. The van der Waals surface area contributed by atoms with Crippen LogP contribution < -0.4 is 14.2 Å². The maximum atomic E-state index is 10.8. The molecular formula is C20H20O7. The summed E-state index contributed by atoms with van der Waals surface area (Å²) in [6.07, 6.45) is 1.98. The van der Waals surface area contributed by atoms with Gasteiger partial charge in [-0.3, -0.25) is 0 Å². The molecule has 2 aromatic carbocycles. The number of fused-ring (bicyclic) bond motifs is 1. The summed E-state index contributed by atoms with van der Waals surface area (Å²) in [7, 11) is 2.95. The van der Waals surface area contributed by atoms with Gasteiger partial charge in [0.15, 0.2) is 23.0 Å². The SMILES string of the molecule is COc1cc(C2Oc3c(OC)cc(/C=C/C(=O)O)cc3C2CO)ccc1O. The van der Waals surface area contributed by atoms with Crippen LogP contribution in [0.3, 0.4) is 0 Å². The van der Waals surface area contributed by atoms with E-state index in [0.29, 0.717) is 22.8 Å². The van der Waals surface area contributed by atoms with Gasteiger partial charge in [-0.15, -0.1) is 0 Å². The van der Waals surface area contributed by atoms with Crippen LogP contribution in [-0.4, -0.2) is 42.1 Å². The second-order valence-electron chi connectivity index (χ2n) is 6.07. The highest BCUT2D eigenvalue weighted by molar-refractivity contribution is 5.85. The van der Waals surface area contributed by atoms with Crippen LogP contribution in [0.2, 0.25) is 0 Å². The average molecular weight is 372 g/mol. The van der Waals surface area contributed by atoms with E-state index in [4.69, 9.17) is 19.3 Å². The molecule has 0 saturated heterocycles. The van der Waals surface area contributed by atoms with Crippen LogP contribution in [0.1, 0.15) is 28.7 Å². The molecule has 7 nitrogen and oxygen atoms in total. The van der Waals surface area contributed by atoms with Gasteiger partial charge in [-0.25, -0.2) is 4.79 Å². The lowest BCUT2D eigenvalue weighted by atomic mass is 9.90. The van der Waals surface area contributed by atoms with Gasteiger partial charge < -0.3 is 29.5 Å². The number of carboxylic acids is 1. The van der Waals surface area contributed by atoms with Gasteiger partial charge in [-0.2, -0.15) is 0 Å². The Morgan fingerprint density at radius 3 is 2.56 bits per heavy atom. The van der Waals surface area contributed by atoms with Crippen molar-refractivity contribution in [1.82, 2.24) is 0 Å². The van der Waals surface area contributed by atoms with Crippen LogP contribution in [0.25, 0.3) is 6.08 Å². The number of hydrogen-bond acceptors (Lipinski definition) is 6. The highest BCUT2D eigenvalue weighted by Crippen LogP contribution is 2.51. The van der Waals surface area contributed by atoms with Crippen LogP contribution >= 0.6 is 0 Å². The van der Waals surface area contributed by atoms with Gasteiger partial charge in [0.05, 0.1) is 26.7 Å². The summed E-state index contributed by atoms with van der Waals surface area (Å²) < 4.78 is 16.6. The number of phenols is 1. The zero-order chi connectivity index (χ0) is 19.6. The molecule has 0 saturated carbocycles. The first-order chi connectivity index (χ1) is 13.0. The molecule has 0 fully saturated rings. The Balaban J connectivity index is 2.04. The van der Waals surface area contributed by atoms with Gasteiger partial charge in [-0.05, 0) is 41.5 Å². The van der Waals surface area contributed by atoms with E-state index in [2.05, 4.69) is 0 Å². The van der Waals surface area contributed by atoms with Crippen molar-refractivity contribution >= 4 is 12.0 Å². The van der Waals surface area contributed by atoms with E-state index in [1.54, 1.807) is 24.3 Å². The standard InChI is InChI=1S/C20H20O7/c1-25-16-9-12(4-5-15(16)22)19-14(10-21)13-7-11(3-6-18(23)24)8-17(26-2)20(13)27-19/h3-9,14,19,21-22H,10H2,1-2H3,(H,23,24)/b6-3+. The molecule has 2 atom stereocenters. The predicted molar refractivity (Wildman–Crippen MR) is 97.5 cm³/mol. The van der Waals surface area contributed by atoms with Gasteiger partial charge in [-0.1, -0.05) is 6.07 Å². The summed E-state index contributed by atoms with van der Waals surface area (Å²) >= 11 is 0. The Morgan fingerprint density at radius 1 is 1.19 bits per heavy atom. The Hall–Kier alpha value is -3.19. The molecule has 3 N–H and O–H groups in total. The van der Waals surface area contributed by atoms with E-state index in [1.807, 2.05) is 0 Å². The summed E-state index contributed by atoms with van der Waals surface area (Å²) in [5.41, 5.74) is 2.07. The van der Waals surface area contributed by atoms with E-state index < -0.39 is 12.1 Å². The number of carbonyl (C=O) groups is 1. The first kappa shape index (κ1) is 18.6. The van der Waals surface area contributed by atoms with Crippen molar-refractivity contribution in [1.29, 1.82) is 0 Å². The number of aromatic hydroxyl groups is 1. The fourth-order valence-corrected chi connectivity index (χ4v) is 3.20. The molecule has 2 aromatic rings. The molecule has 0 aromatic heterocycles. The quantitative estimate of drug-likeness (QED) is 0.670. The topological polar surface area (TPSA) is 105 Å². The lowest BCUT2D eigenvalue weighted by molar-refractivity contribution is -0.131. The molecule has 1 heterocycles. The molecule has 0 amide bonds. The fraction of sp³-hybridized carbons (Fsp3) is 0.250. The number of hydrogen-bond donors (Lipinski definition) is 3. The van der Waals surface area contributed by atoms with Crippen LogP contribution in [0, 0.1) is 0 Å². The van der Waals surface area contributed by atoms with Crippen LogP contribution in [0.5, 0.6) is 23.0 Å². The van der Waals surface area contributed by atoms with E-state index in [-0.39, 0.29) is 18.3 Å². The molecule has 2 unspecified atom stereocenters. The third-order valence-corrected chi connectivity index (χ3v) is 4.48. The highest BCUT2D eigenvalue weighted by atomic mass is 16.5. The Bertz CT molecular complexity index is 888. The monoisotopic (exact) mass is 372 g/mol. The molecule has 1 aliphatic heterocycles. The fourth-order valence-electron chi connectivity index (χ4n) is 3.20. The number of aliphatic hydroxyl groups is 1. The van der Waals surface area contributed by atoms with E-state index in [1.165, 1.54) is 26.4 Å². The molecule has 0 aliphatic carbocycles. The molecule has 0 spiro atoms. The van der Waals surface area contributed by atoms with Crippen molar-refractivity contribution < 1.29 is 34.3 Å². The van der Waals surface area contributed by atoms with Crippen LogP contribution in [-0.2, 0) is 4.79 Å². The average Bonchev–Trinajstić information content (AvgIpc) is 3.04. The van der Waals surface area contributed by atoms with Crippen molar-refractivity contribution in [2.45, 2.75) is 12.0 Å². The number of phenolic OH excluding ortho intramolecular Hbond substituents is 1. The van der Waals surface area contributed by atoms with Gasteiger partial charge in [0.25, 0.3) is 0 Å². The van der Waals surface area contributed by atoms with Crippen molar-refractivity contribution in [2.75, 3.05) is 20.8 Å². The van der Waals surface area contributed by atoms with Crippen LogP contribution in [0.15, 0.2) is 36.4 Å². The Kier molecular flexibility index (Phi) is 5.23. The lowest BCUT2D eigenvalue weighted by Crippen LogP contribution is -2.13. The molecule has 0 bridgehead atoms. The largest absolute Gasteiger partial charge is 0.504 e. The second kappa shape index (κ2) is 7.59. The normalized spacial score (nSPS) is 18.2. The Morgan fingerprint density at radius 2 is 1.93 bits per heavy atom. The number of aliphatic carboxylic acids is 1. The maximum Gasteiger partial charge on any atom is 0.328 e. The third kappa shape index (κ3) is 3.54. The molecule has 142 valence electrons. The summed E-state index contributed by atoms with van der Waals surface area (Å²) in [6.45, 7) is -0.184. The van der Waals surface area contributed by atoms with Crippen LogP contribution in [0.4, 0.5) is 0 Å². The van der Waals surface area contributed by atoms with E-state index >= 15 is 0 Å². The van der Waals surface area contributed by atoms with Gasteiger partial charge in [0, 0.05) is 11.6 Å². The lowest BCUT2D eigenvalue weighted by Gasteiger charge is -2.18. The maximum absolute atomic E-state index is 10.8. The number of benzene rings is 2. The molecule has 1 aliphatic rings. The number of aliphatic hydroxyl groups excluding tert-OH is 1. The molecule has 3 rings (SSSR count). The molecular weight excluding hydrogens is 352 g/mol. The predicted octanol–water partition coefficient (Wildman–Crippen LogP) is 2.72. The third-order valence-electron chi connectivity index (χ3n) is 4.48. The van der Waals surface area contributed by atoms with Crippen molar-refractivity contribution in [3.63, 3.8) is 0 Å². The van der Waals surface area contributed by atoms with Crippen molar-refractivity contribution in [2.24, 2.45) is 0 Å². The Labute approximate surface area is 156 Å². The minimum atomic E-state index is -1.06. The second-order valence-corrected chi connectivity index (χ2v) is 6.07. The first-order valence-electron chi connectivity index (χ1n) is 8.25. The minimum absolute atomic E-state index is 0.0102. The van der Waals surface area contributed by atoms with Gasteiger partial charge >= 0.3 is 5.97 Å². The zero-order valence-electron chi connectivity index (χ0n) is 14.9. The number of methoxy groups -OCH3 is 2. The van der Waals surface area contributed by atoms with Gasteiger partial charge in [0.1, 0.15) is 6.10 Å². The van der Waals surface area contributed by atoms with E-state index in [9.17, 15) is 15.0 Å². The number of rotatable bonds is 6. The molecule has 0 radical (unpaired) electrons. The van der Waals surface area contributed by atoms with Crippen molar-refractivity contribution in [3.05, 3.63) is 53.1 Å². The zero-order valence-corrected chi connectivity index (χ0v) is 14.9.